The maximum absolute atomic E-state index is 12.9. The normalized spacial score (nSPS) is 9.71. The van der Waals surface area contributed by atoms with E-state index < -0.39 is 5.82 Å². The lowest BCUT2D eigenvalue weighted by molar-refractivity contribution is 0.452. The Morgan fingerprint density at radius 1 is 1.35 bits per heavy atom. The van der Waals surface area contributed by atoms with Gasteiger partial charge >= 0.3 is 0 Å². The molecule has 1 aromatic carbocycles. The third-order valence-electron chi connectivity index (χ3n) is 1.91. The van der Waals surface area contributed by atoms with Crippen LogP contribution in [0.5, 0.6) is 11.6 Å². The largest absolute Gasteiger partial charge is 0.437 e. The van der Waals surface area contributed by atoms with Crippen molar-refractivity contribution in [3.8, 4) is 17.7 Å². The van der Waals surface area contributed by atoms with Gasteiger partial charge in [-0.1, -0.05) is 11.6 Å². The number of halogens is 2. The van der Waals surface area contributed by atoms with Gasteiger partial charge in [-0.15, -0.1) is 5.10 Å². The van der Waals surface area contributed by atoms with Crippen molar-refractivity contribution < 1.29 is 9.13 Å². The Morgan fingerprint density at radius 3 is 2.88 bits per heavy atom. The van der Waals surface area contributed by atoms with Crippen LogP contribution >= 0.6 is 11.6 Å². The summed E-state index contributed by atoms with van der Waals surface area (Å²) in [5, 5.41) is 16.0. The Kier molecular flexibility index (Phi) is 3.17. The van der Waals surface area contributed by atoms with Gasteiger partial charge in [-0.05, 0) is 18.2 Å². The van der Waals surface area contributed by atoms with Crippen molar-refractivity contribution in [2.75, 3.05) is 0 Å². The van der Waals surface area contributed by atoms with Crippen LogP contribution in [0, 0.1) is 17.1 Å². The first-order chi connectivity index (χ1) is 8.20. The maximum atomic E-state index is 12.9. The number of nitrogens with zero attached hydrogens (tertiary/aromatic N) is 3. The lowest BCUT2D eigenvalue weighted by Crippen LogP contribution is -1.93. The molecule has 4 nitrogen and oxygen atoms in total. The Balaban J connectivity index is 2.32. The summed E-state index contributed by atoms with van der Waals surface area (Å²) in [6.45, 7) is 0. The molecule has 1 aromatic heterocycles. The minimum atomic E-state index is -0.543. The number of aromatic nitrogens is 2. The van der Waals surface area contributed by atoms with Gasteiger partial charge < -0.3 is 4.74 Å². The topological polar surface area (TPSA) is 58.8 Å². The molecule has 0 unspecified atom stereocenters. The molecule has 0 fully saturated rings. The summed E-state index contributed by atoms with van der Waals surface area (Å²) in [5.74, 6) is -0.204. The highest BCUT2D eigenvalue weighted by Gasteiger charge is 2.08. The summed E-state index contributed by atoms with van der Waals surface area (Å²) in [6.07, 6.45) is 1.38. The second kappa shape index (κ2) is 4.76. The highest BCUT2D eigenvalue weighted by atomic mass is 35.5. The summed E-state index contributed by atoms with van der Waals surface area (Å²) in [4.78, 5) is 0. The van der Waals surface area contributed by atoms with Gasteiger partial charge in [0.1, 0.15) is 23.2 Å². The first kappa shape index (κ1) is 11.3. The third-order valence-corrected chi connectivity index (χ3v) is 2.20. The van der Waals surface area contributed by atoms with Crippen molar-refractivity contribution in [2.24, 2.45) is 0 Å². The van der Waals surface area contributed by atoms with Gasteiger partial charge in [-0.2, -0.15) is 10.4 Å². The lowest BCUT2D eigenvalue weighted by Gasteiger charge is -2.05. The fourth-order valence-electron chi connectivity index (χ4n) is 1.13. The SMILES string of the molecule is N#Cc1ccnnc1Oc1ccc(F)c(Cl)c1. The average Bonchev–Trinajstić information content (AvgIpc) is 2.34. The van der Waals surface area contributed by atoms with Gasteiger partial charge in [0.25, 0.3) is 5.88 Å². The van der Waals surface area contributed by atoms with Gasteiger partial charge in [0.15, 0.2) is 0 Å². The zero-order valence-corrected chi connectivity index (χ0v) is 9.15. The Hall–Kier alpha value is -2.19. The van der Waals surface area contributed by atoms with Crippen LogP contribution in [0.1, 0.15) is 5.56 Å². The number of benzene rings is 1. The molecule has 0 aliphatic rings. The fraction of sp³-hybridized carbons (Fsp3) is 0. The molecular weight excluding hydrogens is 245 g/mol. The molecule has 84 valence electrons. The molecule has 2 aromatic rings. The lowest BCUT2D eigenvalue weighted by atomic mass is 10.3. The first-order valence-electron chi connectivity index (χ1n) is 4.55. The van der Waals surface area contributed by atoms with E-state index in [4.69, 9.17) is 21.6 Å². The van der Waals surface area contributed by atoms with Crippen LogP contribution in [0.25, 0.3) is 0 Å². The van der Waals surface area contributed by atoms with Crippen molar-refractivity contribution in [1.82, 2.24) is 10.2 Å². The van der Waals surface area contributed by atoms with Crippen molar-refractivity contribution in [3.63, 3.8) is 0 Å². The standard InChI is InChI=1S/C11H5ClFN3O/c12-9-5-8(1-2-10(9)13)17-11-7(6-14)3-4-15-16-11/h1-5H. The number of rotatable bonds is 2. The molecule has 0 amide bonds. The Morgan fingerprint density at radius 2 is 2.18 bits per heavy atom. The van der Waals surface area contributed by atoms with E-state index in [2.05, 4.69) is 10.2 Å². The Bertz CT molecular complexity index is 598. The quantitative estimate of drug-likeness (QED) is 0.821. The molecule has 0 atom stereocenters. The fourth-order valence-corrected chi connectivity index (χ4v) is 1.30. The summed E-state index contributed by atoms with van der Waals surface area (Å²) < 4.78 is 18.2. The molecule has 0 aliphatic carbocycles. The van der Waals surface area contributed by atoms with Crippen molar-refractivity contribution >= 4 is 11.6 Å². The molecule has 6 heteroatoms. The second-order valence-electron chi connectivity index (χ2n) is 3.04. The van der Waals surface area contributed by atoms with Crippen LogP contribution in [0.3, 0.4) is 0 Å². The van der Waals surface area contributed by atoms with Gasteiger partial charge in [0.2, 0.25) is 0 Å². The number of hydrogen-bond acceptors (Lipinski definition) is 4. The van der Waals surface area contributed by atoms with Crippen LogP contribution < -0.4 is 4.74 Å². The van der Waals surface area contributed by atoms with Gasteiger partial charge in [-0.3, -0.25) is 0 Å². The van der Waals surface area contributed by atoms with Crippen LogP contribution in [0.2, 0.25) is 5.02 Å². The molecule has 1 heterocycles. The van der Waals surface area contributed by atoms with E-state index in [1.807, 2.05) is 6.07 Å². The Labute approximate surface area is 101 Å². The van der Waals surface area contributed by atoms with Crippen LogP contribution in [0.4, 0.5) is 4.39 Å². The van der Waals surface area contributed by atoms with Gasteiger partial charge in [-0.25, -0.2) is 4.39 Å². The monoisotopic (exact) mass is 249 g/mol. The minimum Gasteiger partial charge on any atom is -0.437 e. The number of ether oxygens (including phenoxy) is 1. The average molecular weight is 250 g/mol. The summed E-state index contributed by atoms with van der Waals surface area (Å²) in [7, 11) is 0. The molecule has 0 saturated heterocycles. The molecule has 0 aliphatic heterocycles. The summed E-state index contributed by atoms with van der Waals surface area (Å²) >= 11 is 5.60. The molecule has 0 bridgehead atoms. The van der Waals surface area contributed by atoms with E-state index in [1.54, 1.807) is 0 Å². The summed E-state index contributed by atoms with van der Waals surface area (Å²) in [6, 6.07) is 7.22. The zero-order chi connectivity index (χ0) is 12.3. The van der Waals surface area contributed by atoms with E-state index in [0.29, 0.717) is 0 Å². The summed E-state index contributed by atoms with van der Waals surface area (Å²) in [5.41, 5.74) is 0.237. The van der Waals surface area contributed by atoms with Crippen molar-refractivity contribution in [2.45, 2.75) is 0 Å². The van der Waals surface area contributed by atoms with E-state index in [0.717, 1.165) is 0 Å². The molecule has 0 N–H and O–H groups in total. The highest BCUT2D eigenvalue weighted by molar-refractivity contribution is 6.30. The van der Waals surface area contributed by atoms with Crippen LogP contribution in [-0.2, 0) is 0 Å². The van der Waals surface area contributed by atoms with Gasteiger partial charge in [0, 0.05) is 6.07 Å². The molecule has 2 rings (SSSR count). The van der Waals surface area contributed by atoms with Crippen LogP contribution in [0.15, 0.2) is 30.5 Å². The van der Waals surface area contributed by atoms with E-state index in [1.165, 1.54) is 30.5 Å². The van der Waals surface area contributed by atoms with E-state index in [-0.39, 0.29) is 22.2 Å². The zero-order valence-electron chi connectivity index (χ0n) is 8.39. The molecule has 17 heavy (non-hydrogen) atoms. The second-order valence-corrected chi connectivity index (χ2v) is 3.45. The van der Waals surface area contributed by atoms with Gasteiger partial charge in [0.05, 0.1) is 11.2 Å². The first-order valence-corrected chi connectivity index (χ1v) is 4.93. The number of nitriles is 1. The molecule has 0 spiro atoms. The maximum Gasteiger partial charge on any atom is 0.256 e. The van der Waals surface area contributed by atoms with Crippen molar-refractivity contribution in [3.05, 3.63) is 46.9 Å². The third kappa shape index (κ3) is 2.49. The highest BCUT2D eigenvalue weighted by Crippen LogP contribution is 2.26. The molecule has 0 saturated carbocycles. The van der Waals surface area contributed by atoms with E-state index >= 15 is 0 Å². The predicted molar refractivity (Wildman–Crippen MR) is 58.2 cm³/mol. The van der Waals surface area contributed by atoms with Crippen LogP contribution in [-0.4, -0.2) is 10.2 Å². The minimum absolute atomic E-state index is 0.0534. The number of hydrogen-bond donors (Lipinski definition) is 0. The van der Waals surface area contributed by atoms with Crippen molar-refractivity contribution in [1.29, 1.82) is 5.26 Å². The predicted octanol–water partition coefficient (Wildman–Crippen LogP) is 2.93. The smallest absolute Gasteiger partial charge is 0.256 e. The van der Waals surface area contributed by atoms with E-state index in [9.17, 15) is 4.39 Å². The molecular formula is C11H5ClFN3O. The molecule has 0 radical (unpaired) electrons.